The predicted molar refractivity (Wildman–Crippen MR) is 132 cm³/mol. The predicted octanol–water partition coefficient (Wildman–Crippen LogP) is 4.14. The Morgan fingerprint density at radius 1 is 0.677 bits per heavy atom. The maximum absolute atomic E-state index is 9.55. The summed E-state index contributed by atoms with van der Waals surface area (Å²) in [5, 5.41) is 23.4. The van der Waals surface area contributed by atoms with Crippen molar-refractivity contribution in [2.45, 2.75) is 58.8 Å². The quantitative estimate of drug-likeness (QED) is 0.205. The largest absolute Gasteiger partial charge is 0.399 e. The number of nitrogens with two attached hydrogens (primary N) is 2. The van der Waals surface area contributed by atoms with Crippen LogP contribution in [-0.4, -0.2) is 36.5 Å². The summed E-state index contributed by atoms with van der Waals surface area (Å²) in [7, 11) is 0. The van der Waals surface area contributed by atoms with Gasteiger partial charge in [-0.05, 0) is 79.6 Å². The highest BCUT2D eigenvalue weighted by molar-refractivity contribution is 5.65. The molecular formula is C25H40N4O2. The third kappa shape index (κ3) is 7.04. The molecule has 0 saturated carbocycles. The SMILES string of the molecule is CCCc1cc(N(CCCO)N(CCCCO)c2ccc(N)c(CCC)c2)ccc1N. The van der Waals surface area contributed by atoms with E-state index >= 15 is 0 Å². The Morgan fingerprint density at radius 3 is 1.55 bits per heavy atom. The molecule has 6 N–H and O–H groups in total. The van der Waals surface area contributed by atoms with Crippen LogP contribution in [0.5, 0.6) is 0 Å². The molecule has 0 heterocycles. The van der Waals surface area contributed by atoms with Gasteiger partial charge in [0.2, 0.25) is 0 Å². The third-order valence-electron chi connectivity index (χ3n) is 5.49. The Morgan fingerprint density at radius 2 is 1.13 bits per heavy atom. The summed E-state index contributed by atoms with van der Waals surface area (Å²) >= 11 is 0. The van der Waals surface area contributed by atoms with E-state index in [9.17, 15) is 10.2 Å². The molecule has 0 unspecified atom stereocenters. The van der Waals surface area contributed by atoms with Gasteiger partial charge >= 0.3 is 0 Å². The molecule has 6 heteroatoms. The Balaban J connectivity index is 2.49. The van der Waals surface area contributed by atoms with E-state index in [-0.39, 0.29) is 13.2 Å². The molecule has 0 amide bonds. The molecule has 2 aromatic rings. The molecular weight excluding hydrogens is 388 g/mol. The van der Waals surface area contributed by atoms with Gasteiger partial charge in [-0.3, -0.25) is 10.0 Å². The maximum Gasteiger partial charge on any atom is 0.0578 e. The average Bonchev–Trinajstić information content (AvgIpc) is 2.76. The summed E-state index contributed by atoms with van der Waals surface area (Å²) in [4.78, 5) is 0. The standard InChI is InChI=1S/C25H40N4O2/c1-3-8-20-18-22(10-12-24(20)26)28(14-5-6-16-30)29(15-7-17-31)23-11-13-25(27)21(19-23)9-4-2/h10-13,18-19,30-31H,3-9,14-17,26-27H2,1-2H3. The van der Waals surface area contributed by atoms with Crippen LogP contribution in [0.1, 0.15) is 57.1 Å². The molecule has 0 bridgehead atoms. The molecule has 0 aromatic heterocycles. The van der Waals surface area contributed by atoms with Gasteiger partial charge in [-0.15, -0.1) is 0 Å². The fourth-order valence-corrected chi connectivity index (χ4v) is 3.85. The van der Waals surface area contributed by atoms with Gasteiger partial charge in [-0.25, -0.2) is 0 Å². The van der Waals surface area contributed by atoms with Crippen LogP contribution < -0.4 is 21.5 Å². The Bertz CT molecular complexity index is 797. The van der Waals surface area contributed by atoms with Gasteiger partial charge in [0.15, 0.2) is 0 Å². The molecule has 0 atom stereocenters. The molecule has 0 spiro atoms. The zero-order valence-electron chi connectivity index (χ0n) is 19.2. The number of anilines is 4. The Kier molecular flexibility index (Phi) is 10.5. The zero-order valence-corrected chi connectivity index (χ0v) is 19.2. The van der Waals surface area contributed by atoms with Gasteiger partial charge in [0, 0.05) is 37.7 Å². The van der Waals surface area contributed by atoms with E-state index in [4.69, 9.17) is 11.5 Å². The number of hydrazine groups is 1. The van der Waals surface area contributed by atoms with Gasteiger partial charge in [0.05, 0.1) is 11.4 Å². The van der Waals surface area contributed by atoms with Crippen LogP contribution in [0.25, 0.3) is 0 Å². The lowest BCUT2D eigenvalue weighted by Gasteiger charge is -2.39. The highest BCUT2D eigenvalue weighted by Crippen LogP contribution is 2.29. The van der Waals surface area contributed by atoms with E-state index in [0.717, 1.165) is 78.9 Å². The van der Waals surface area contributed by atoms with E-state index in [1.807, 2.05) is 12.1 Å². The Labute approximate surface area is 187 Å². The van der Waals surface area contributed by atoms with Crippen molar-refractivity contribution in [1.82, 2.24) is 0 Å². The lowest BCUT2D eigenvalue weighted by atomic mass is 10.1. The number of rotatable bonds is 14. The van der Waals surface area contributed by atoms with Crippen molar-refractivity contribution in [3.05, 3.63) is 47.5 Å². The topological polar surface area (TPSA) is 99.0 Å². The molecule has 2 rings (SSSR count). The summed E-state index contributed by atoms with van der Waals surface area (Å²) in [5.74, 6) is 0. The van der Waals surface area contributed by atoms with Crippen molar-refractivity contribution in [2.75, 3.05) is 47.8 Å². The molecule has 0 radical (unpaired) electrons. The minimum Gasteiger partial charge on any atom is -0.399 e. The van der Waals surface area contributed by atoms with E-state index in [0.29, 0.717) is 13.0 Å². The van der Waals surface area contributed by atoms with Crippen LogP contribution in [0.15, 0.2) is 36.4 Å². The van der Waals surface area contributed by atoms with Gasteiger partial charge in [0.1, 0.15) is 0 Å². The summed E-state index contributed by atoms with van der Waals surface area (Å²) in [5.41, 5.74) is 18.5. The highest BCUT2D eigenvalue weighted by Gasteiger charge is 2.19. The first-order valence-electron chi connectivity index (χ1n) is 11.6. The number of benzene rings is 2. The first-order chi connectivity index (χ1) is 15.0. The lowest BCUT2D eigenvalue weighted by Crippen LogP contribution is -2.45. The first kappa shape index (κ1) is 24.8. The highest BCUT2D eigenvalue weighted by atomic mass is 16.3. The fraction of sp³-hybridized carbons (Fsp3) is 0.520. The second-order valence-corrected chi connectivity index (χ2v) is 8.02. The number of nitrogen functional groups attached to an aromatic ring is 2. The van der Waals surface area contributed by atoms with Gasteiger partial charge < -0.3 is 21.7 Å². The Hall–Kier alpha value is -2.44. The van der Waals surface area contributed by atoms with E-state index in [1.165, 1.54) is 0 Å². The average molecular weight is 429 g/mol. The van der Waals surface area contributed by atoms with Crippen molar-refractivity contribution in [3.63, 3.8) is 0 Å². The maximum atomic E-state index is 9.55. The molecule has 0 fully saturated rings. The van der Waals surface area contributed by atoms with Gasteiger partial charge in [-0.1, -0.05) is 26.7 Å². The van der Waals surface area contributed by atoms with Crippen LogP contribution >= 0.6 is 0 Å². The summed E-state index contributed by atoms with van der Waals surface area (Å²) in [6, 6.07) is 12.4. The molecule has 2 aromatic carbocycles. The third-order valence-corrected chi connectivity index (χ3v) is 5.49. The van der Waals surface area contributed by atoms with E-state index in [1.54, 1.807) is 0 Å². The first-order valence-corrected chi connectivity index (χ1v) is 11.6. The number of aliphatic hydroxyl groups is 2. The minimum atomic E-state index is 0.126. The summed E-state index contributed by atoms with van der Waals surface area (Å²) < 4.78 is 0. The summed E-state index contributed by atoms with van der Waals surface area (Å²) in [6.07, 6.45) is 6.18. The smallest absolute Gasteiger partial charge is 0.0578 e. The molecule has 0 aliphatic rings. The molecule has 0 aliphatic heterocycles. The number of hydrogen-bond acceptors (Lipinski definition) is 6. The lowest BCUT2D eigenvalue weighted by molar-refractivity contribution is 0.283. The summed E-state index contributed by atoms with van der Waals surface area (Å²) in [6.45, 7) is 6.05. The van der Waals surface area contributed by atoms with Crippen molar-refractivity contribution in [1.29, 1.82) is 0 Å². The van der Waals surface area contributed by atoms with Crippen LogP contribution in [-0.2, 0) is 12.8 Å². The van der Waals surface area contributed by atoms with Crippen LogP contribution in [0.3, 0.4) is 0 Å². The van der Waals surface area contributed by atoms with E-state index < -0.39 is 0 Å². The molecule has 31 heavy (non-hydrogen) atoms. The number of aryl methyl sites for hydroxylation is 2. The number of hydrogen-bond donors (Lipinski definition) is 4. The zero-order chi connectivity index (χ0) is 22.6. The van der Waals surface area contributed by atoms with Crippen molar-refractivity contribution < 1.29 is 10.2 Å². The minimum absolute atomic E-state index is 0.126. The number of aliphatic hydroxyl groups excluding tert-OH is 2. The van der Waals surface area contributed by atoms with Crippen molar-refractivity contribution >= 4 is 22.7 Å². The molecule has 0 saturated heterocycles. The molecule has 6 nitrogen and oxygen atoms in total. The second-order valence-electron chi connectivity index (χ2n) is 8.02. The fourth-order valence-electron chi connectivity index (χ4n) is 3.85. The number of unbranched alkanes of at least 4 members (excludes halogenated alkanes) is 1. The molecule has 172 valence electrons. The van der Waals surface area contributed by atoms with Gasteiger partial charge in [0.25, 0.3) is 0 Å². The van der Waals surface area contributed by atoms with E-state index in [2.05, 4.69) is 48.1 Å². The van der Waals surface area contributed by atoms with Crippen LogP contribution in [0, 0.1) is 0 Å². The van der Waals surface area contributed by atoms with Crippen molar-refractivity contribution in [2.24, 2.45) is 0 Å². The number of nitrogens with zero attached hydrogens (tertiary/aromatic N) is 2. The van der Waals surface area contributed by atoms with Gasteiger partial charge in [-0.2, -0.15) is 0 Å². The van der Waals surface area contributed by atoms with Crippen molar-refractivity contribution in [3.8, 4) is 0 Å². The molecule has 0 aliphatic carbocycles. The normalized spacial score (nSPS) is 11.0. The monoisotopic (exact) mass is 428 g/mol. The van der Waals surface area contributed by atoms with Crippen LogP contribution in [0.2, 0.25) is 0 Å². The second kappa shape index (κ2) is 13.1. The van der Waals surface area contributed by atoms with Crippen LogP contribution in [0.4, 0.5) is 22.7 Å².